The Morgan fingerprint density at radius 3 is 1.60 bits per heavy atom. The van der Waals surface area contributed by atoms with E-state index in [1.165, 1.54) is 38.5 Å². The minimum absolute atomic E-state index is 0.797. The molecule has 1 aliphatic rings. The molecule has 4 heterocycles. The fraction of sp³-hybridized carbons (Fsp3) is 0.0714. The van der Waals surface area contributed by atoms with E-state index in [0.717, 1.165) is 96.9 Å². The van der Waals surface area contributed by atoms with Gasteiger partial charge >= 0.3 is 0 Å². The number of benzene rings is 6. The Labute approximate surface area is 348 Å². The van der Waals surface area contributed by atoms with Crippen molar-refractivity contribution in [1.82, 2.24) is 9.13 Å². The summed E-state index contributed by atoms with van der Waals surface area (Å²) in [5.74, 6) is 2.03. The molecule has 11 rings (SSSR count). The molecule has 0 unspecified atom stereocenters. The van der Waals surface area contributed by atoms with Crippen LogP contribution < -0.4 is 0 Å². The summed E-state index contributed by atoms with van der Waals surface area (Å²) in [6.45, 7) is 12.2. The van der Waals surface area contributed by atoms with Crippen molar-refractivity contribution in [3.05, 3.63) is 205 Å². The molecule has 0 saturated carbocycles. The average Bonchev–Trinajstić information content (AvgIpc) is 4.02. The maximum absolute atomic E-state index is 6.64. The lowest BCUT2D eigenvalue weighted by Crippen LogP contribution is -2.00. The van der Waals surface area contributed by atoms with E-state index in [1.54, 1.807) is 0 Å². The monoisotopic (exact) mass is 774 g/mol. The van der Waals surface area contributed by atoms with E-state index < -0.39 is 0 Å². The molecule has 0 saturated heterocycles. The molecule has 0 amide bonds. The molecule has 4 heteroatoms. The second-order valence-electron chi connectivity index (χ2n) is 15.7. The second-order valence-corrected chi connectivity index (χ2v) is 15.7. The first-order valence-electron chi connectivity index (χ1n) is 20.6. The van der Waals surface area contributed by atoms with Gasteiger partial charge in [-0.25, -0.2) is 0 Å². The molecule has 1 aliphatic carbocycles. The molecule has 0 N–H and O–H groups in total. The van der Waals surface area contributed by atoms with Crippen LogP contribution in [0.4, 0.5) is 0 Å². The number of aromatic nitrogens is 2. The minimum atomic E-state index is 0.797. The van der Waals surface area contributed by atoms with E-state index in [2.05, 4.69) is 182 Å². The molecule has 4 aromatic heterocycles. The zero-order valence-corrected chi connectivity index (χ0v) is 33.7. The summed E-state index contributed by atoms with van der Waals surface area (Å²) in [6, 6.07) is 48.2. The molecule has 60 heavy (non-hydrogen) atoms. The number of hydrogen-bond donors (Lipinski definition) is 0. The van der Waals surface area contributed by atoms with E-state index in [-0.39, 0.29) is 0 Å². The van der Waals surface area contributed by atoms with Crippen molar-refractivity contribution in [2.24, 2.45) is 0 Å². The second kappa shape index (κ2) is 14.1. The van der Waals surface area contributed by atoms with Crippen LogP contribution in [0.1, 0.15) is 34.0 Å². The van der Waals surface area contributed by atoms with E-state index in [4.69, 9.17) is 8.83 Å². The van der Waals surface area contributed by atoms with Gasteiger partial charge in [-0.2, -0.15) is 0 Å². The molecule has 288 valence electrons. The summed E-state index contributed by atoms with van der Waals surface area (Å²) in [5, 5.41) is 4.69. The maximum Gasteiger partial charge on any atom is 0.134 e. The van der Waals surface area contributed by atoms with Crippen LogP contribution >= 0.6 is 0 Å². The van der Waals surface area contributed by atoms with Gasteiger partial charge in [-0.15, -0.1) is 0 Å². The molecule has 0 radical (unpaired) electrons. The van der Waals surface area contributed by atoms with Gasteiger partial charge in [0.25, 0.3) is 0 Å². The highest BCUT2D eigenvalue weighted by atomic mass is 16.3. The average molecular weight is 775 g/mol. The Balaban J connectivity index is 1.03. The lowest BCUT2D eigenvalue weighted by molar-refractivity contribution is 0.504. The topological polar surface area (TPSA) is 36.1 Å². The number of furan rings is 2. The van der Waals surface area contributed by atoms with Crippen LogP contribution in [0.25, 0.3) is 101 Å². The van der Waals surface area contributed by atoms with Gasteiger partial charge < -0.3 is 18.0 Å². The van der Waals surface area contributed by atoms with Crippen molar-refractivity contribution < 1.29 is 8.83 Å². The predicted molar refractivity (Wildman–Crippen MR) is 251 cm³/mol. The number of fused-ring (bicyclic) bond motifs is 10. The fourth-order valence-corrected chi connectivity index (χ4v) is 9.46. The number of nitrogens with zero attached hydrogens (tertiary/aromatic N) is 2. The number of aryl methyl sites for hydroxylation is 2. The van der Waals surface area contributed by atoms with Gasteiger partial charge in [0.05, 0.1) is 11.0 Å². The van der Waals surface area contributed by atoms with E-state index >= 15 is 0 Å². The zero-order valence-electron chi connectivity index (χ0n) is 33.7. The Morgan fingerprint density at radius 1 is 0.467 bits per heavy atom. The smallest absolute Gasteiger partial charge is 0.134 e. The zero-order chi connectivity index (χ0) is 40.5. The van der Waals surface area contributed by atoms with Crippen molar-refractivity contribution in [2.75, 3.05) is 0 Å². The van der Waals surface area contributed by atoms with Crippen molar-refractivity contribution in [1.29, 1.82) is 0 Å². The third kappa shape index (κ3) is 5.52. The van der Waals surface area contributed by atoms with Crippen molar-refractivity contribution >= 4 is 55.9 Å². The van der Waals surface area contributed by atoms with Gasteiger partial charge in [0, 0.05) is 68.3 Å². The maximum atomic E-state index is 6.64. The van der Waals surface area contributed by atoms with Crippen LogP contribution in [0.5, 0.6) is 0 Å². The van der Waals surface area contributed by atoms with Crippen LogP contribution in [0.15, 0.2) is 180 Å². The molecule has 0 fully saturated rings. The molecule has 0 bridgehead atoms. The fourth-order valence-electron chi connectivity index (χ4n) is 9.46. The van der Waals surface area contributed by atoms with Gasteiger partial charge in [0.15, 0.2) is 0 Å². The third-order valence-electron chi connectivity index (χ3n) is 12.4. The highest BCUT2D eigenvalue weighted by molar-refractivity contribution is 6.11. The van der Waals surface area contributed by atoms with Crippen LogP contribution in [0.2, 0.25) is 0 Å². The lowest BCUT2D eigenvalue weighted by atomic mass is 9.89. The highest BCUT2D eigenvalue weighted by Crippen LogP contribution is 2.48. The van der Waals surface area contributed by atoms with E-state index in [1.807, 2.05) is 24.3 Å². The Kier molecular flexibility index (Phi) is 8.35. The normalized spacial score (nSPS) is 12.7. The Bertz CT molecular complexity index is 3390. The summed E-state index contributed by atoms with van der Waals surface area (Å²) >= 11 is 0. The van der Waals surface area contributed by atoms with Gasteiger partial charge in [0.2, 0.25) is 0 Å². The van der Waals surface area contributed by atoms with Gasteiger partial charge in [-0.3, -0.25) is 0 Å². The molecule has 6 aromatic carbocycles. The van der Waals surface area contributed by atoms with Crippen molar-refractivity contribution in [3.63, 3.8) is 0 Å². The molecule has 0 aliphatic heterocycles. The summed E-state index contributed by atoms with van der Waals surface area (Å²) in [4.78, 5) is 0. The Hall–Kier alpha value is -7.56. The number of hydrogen-bond acceptors (Lipinski definition) is 2. The minimum Gasteiger partial charge on any atom is -0.460 e. The first-order valence-corrected chi connectivity index (χ1v) is 20.6. The largest absolute Gasteiger partial charge is 0.460 e. The quantitative estimate of drug-likeness (QED) is 0.144. The molecule has 10 aromatic rings. The van der Waals surface area contributed by atoms with Crippen LogP contribution in [0, 0.1) is 13.8 Å². The van der Waals surface area contributed by atoms with E-state index in [0.29, 0.717) is 0 Å². The highest BCUT2D eigenvalue weighted by Gasteiger charge is 2.29. The predicted octanol–water partition coefficient (Wildman–Crippen LogP) is 15.2. The summed E-state index contributed by atoms with van der Waals surface area (Å²) < 4.78 is 18.0. The molecule has 4 nitrogen and oxygen atoms in total. The summed E-state index contributed by atoms with van der Waals surface area (Å²) in [6.07, 6.45) is 13.5. The number of allylic oxidation sites excluding steroid dienone is 4. The SMILES string of the molecule is C=C/C=C\c1c(C)c(C)c(/C=C\C=C)n1-c1cccc(-c2ccc3oc4c(c3c2)-c2c(oc3ccc(-c5ccc6c(c5)c5ccccc5n6-c5ccccc5)cc23)CC4)c1. The molecular formula is C56H42N2O2. The van der Waals surface area contributed by atoms with Gasteiger partial charge in [0.1, 0.15) is 22.7 Å². The summed E-state index contributed by atoms with van der Waals surface area (Å²) in [7, 11) is 0. The van der Waals surface area contributed by atoms with Crippen LogP contribution in [0.3, 0.4) is 0 Å². The van der Waals surface area contributed by atoms with Crippen LogP contribution in [-0.4, -0.2) is 9.13 Å². The first kappa shape index (κ1) is 35.6. The Morgan fingerprint density at radius 2 is 0.983 bits per heavy atom. The van der Waals surface area contributed by atoms with Crippen LogP contribution in [-0.2, 0) is 12.8 Å². The number of para-hydroxylation sites is 2. The van der Waals surface area contributed by atoms with Crippen molar-refractivity contribution in [2.45, 2.75) is 26.7 Å². The van der Waals surface area contributed by atoms with Crippen molar-refractivity contribution in [3.8, 4) is 44.8 Å². The van der Waals surface area contributed by atoms with Gasteiger partial charge in [-0.05, 0) is 126 Å². The standard InChI is InChI=1S/C56H42N2O2/c1-5-7-20-47-35(3)36(4)48(21-8-6-2)58(47)42-18-14-15-37(31-42)39-24-27-51-45(33-39)55-53(59-51)29-30-54-56(55)46-34-40(25-28-52(46)60-54)38-23-26-50-44(32-38)43-19-12-13-22-49(43)57(50)41-16-10-9-11-17-41/h5-28,31-34H,1-2,29-30H2,3-4H3/b20-7-,21-8-. The third-order valence-corrected chi connectivity index (χ3v) is 12.4. The molecule has 0 spiro atoms. The molecule has 0 atom stereocenters. The lowest BCUT2D eigenvalue weighted by Gasteiger charge is -2.13. The van der Waals surface area contributed by atoms with Gasteiger partial charge in [-0.1, -0.05) is 104 Å². The van der Waals surface area contributed by atoms with E-state index in [9.17, 15) is 0 Å². The summed E-state index contributed by atoms with van der Waals surface area (Å²) in [5.41, 5.74) is 18.0. The first-order chi connectivity index (χ1) is 29.5. The number of rotatable bonds is 8. The molecular weight excluding hydrogens is 733 g/mol.